The average molecular weight is 457 g/mol. The van der Waals surface area contributed by atoms with Gasteiger partial charge in [0.1, 0.15) is 0 Å². The summed E-state index contributed by atoms with van der Waals surface area (Å²) in [6, 6.07) is 5.64. The molecule has 3 aromatic rings. The van der Waals surface area contributed by atoms with E-state index < -0.39 is 11.2 Å². The molecule has 2 aliphatic heterocycles. The number of aromatic nitrogens is 3. The molecule has 5 rings (SSSR count). The SMILES string of the molecule is FC(F)(F)c1nnc(N2CCc3c([nH]c4ccc(Cl)cc34)[C@@H]2C[C@@H]2CCCOC2)s1. The zero-order valence-electron chi connectivity index (χ0n) is 16.0. The Labute approximate surface area is 180 Å². The van der Waals surface area contributed by atoms with Gasteiger partial charge in [-0.1, -0.05) is 22.9 Å². The van der Waals surface area contributed by atoms with Gasteiger partial charge in [-0.15, -0.1) is 10.2 Å². The number of anilines is 1. The smallest absolute Gasteiger partial charge is 0.381 e. The molecule has 2 atom stereocenters. The molecule has 1 aromatic carbocycles. The summed E-state index contributed by atoms with van der Waals surface area (Å²) in [5.41, 5.74) is 3.21. The van der Waals surface area contributed by atoms with Gasteiger partial charge in [0, 0.05) is 41.4 Å². The summed E-state index contributed by atoms with van der Waals surface area (Å²) in [5.74, 6) is 0.349. The number of halogens is 4. The van der Waals surface area contributed by atoms with Crippen molar-refractivity contribution < 1.29 is 17.9 Å². The van der Waals surface area contributed by atoms with Crippen LogP contribution < -0.4 is 4.90 Å². The summed E-state index contributed by atoms with van der Waals surface area (Å²) >= 11 is 6.82. The van der Waals surface area contributed by atoms with Crippen LogP contribution in [0.25, 0.3) is 10.9 Å². The monoisotopic (exact) mass is 456 g/mol. The van der Waals surface area contributed by atoms with E-state index in [2.05, 4.69) is 15.2 Å². The van der Waals surface area contributed by atoms with Crippen LogP contribution in [0.4, 0.5) is 18.3 Å². The quantitative estimate of drug-likeness (QED) is 0.556. The molecule has 2 aromatic heterocycles. The van der Waals surface area contributed by atoms with Gasteiger partial charge in [-0.25, -0.2) is 0 Å². The van der Waals surface area contributed by atoms with E-state index in [-0.39, 0.29) is 6.04 Å². The molecule has 0 aliphatic carbocycles. The highest BCUT2D eigenvalue weighted by Crippen LogP contribution is 2.43. The maximum atomic E-state index is 13.1. The maximum Gasteiger partial charge on any atom is 0.445 e. The number of ether oxygens (including phenoxy) is 1. The number of aromatic amines is 1. The van der Waals surface area contributed by atoms with Gasteiger partial charge in [0.05, 0.1) is 6.04 Å². The fraction of sp³-hybridized carbons (Fsp3) is 0.500. The lowest BCUT2D eigenvalue weighted by atomic mass is 9.88. The van der Waals surface area contributed by atoms with Crippen LogP contribution in [0.1, 0.15) is 41.6 Å². The van der Waals surface area contributed by atoms with Gasteiger partial charge in [0.2, 0.25) is 10.1 Å². The second-order valence-electron chi connectivity index (χ2n) is 7.87. The molecule has 1 fully saturated rings. The minimum atomic E-state index is -4.48. The van der Waals surface area contributed by atoms with Gasteiger partial charge < -0.3 is 14.6 Å². The van der Waals surface area contributed by atoms with Crippen molar-refractivity contribution in [1.29, 1.82) is 0 Å². The Morgan fingerprint density at radius 2 is 2.17 bits per heavy atom. The largest absolute Gasteiger partial charge is 0.445 e. The third-order valence-electron chi connectivity index (χ3n) is 5.93. The number of hydrogen-bond acceptors (Lipinski definition) is 5. The highest BCUT2D eigenvalue weighted by Gasteiger charge is 2.39. The highest BCUT2D eigenvalue weighted by molar-refractivity contribution is 7.15. The molecule has 4 heterocycles. The summed E-state index contributed by atoms with van der Waals surface area (Å²) in [5, 5.41) is 8.45. The van der Waals surface area contributed by atoms with Crippen LogP contribution in [0.3, 0.4) is 0 Å². The minimum Gasteiger partial charge on any atom is -0.381 e. The number of H-pyrrole nitrogens is 1. The first-order chi connectivity index (χ1) is 14.4. The molecule has 1 saturated heterocycles. The second kappa shape index (κ2) is 7.69. The third kappa shape index (κ3) is 3.67. The molecular formula is C20H20ClF3N4OS. The van der Waals surface area contributed by atoms with Crippen molar-refractivity contribution in [2.45, 2.75) is 37.9 Å². The first-order valence-corrected chi connectivity index (χ1v) is 11.1. The van der Waals surface area contributed by atoms with E-state index in [1.807, 2.05) is 23.1 Å². The number of nitrogens with zero attached hydrogens (tertiary/aromatic N) is 3. The lowest BCUT2D eigenvalue weighted by molar-refractivity contribution is -0.138. The molecule has 5 nitrogen and oxygen atoms in total. The fourth-order valence-corrected chi connectivity index (χ4v) is 5.53. The Morgan fingerprint density at radius 3 is 2.90 bits per heavy atom. The van der Waals surface area contributed by atoms with Gasteiger partial charge in [-0.2, -0.15) is 13.2 Å². The summed E-state index contributed by atoms with van der Waals surface area (Å²) in [6.45, 7) is 2.03. The molecule has 0 amide bonds. The molecule has 2 aliphatic rings. The first kappa shape index (κ1) is 20.1. The van der Waals surface area contributed by atoms with Gasteiger partial charge in [0.25, 0.3) is 0 Å². The number of nitrogens with one attached hydrogen (secondary N) is 1. The number of alkyl halides is 3. The fourth-order valence-electron chi connectivity index (χ4n) is 4.57. The standard InChI is InChI=1S/C20H20ClF3N4OS/c21-12-3-4-15-14(9-12)13-5-6-28(19-27-26-18(30-19)20(22,23)24)16(17(13)25-15)8-11-2-1-7-29-10-11/h3-4,9,11,16,25H,1-2,5-8,10H2/t11-,16-/m0/s1. The Balaban J connectivity index is 1.55. The topological polar surface area (TPSA) is 54.0 Å². The van der Waals surface area contributed by atoms with Crippen LogP contribution in [-0.4, -0.2) is 34.9 Å². The van der Waals surface area contributed by atoms with Crippen LogP contribution >= 0.6 is 22.9 Å². The lowest BCUT2D eigenvalue weighted by Gasteiger charge is -2.38. The van der Waals surface area contributed by atoms with E-state index in [0.717, 1.165) is 42.5 Å². The van der Waals surface area contributed by atoms with E-state index in [4.69, 9.17) is 16.3 Å². The van der Waals surface area contributed by atoms with Gasteiger partial charge in [-0.3, -0.25) is 0 Å². The molecule has 160 valence electrons. The molecule has 0 saturated carbocycles. The van der Waals surface area contributed by atoms with Crippen LogP contribution in [0, 0.1) is 5.92 Å². The second-order valence-corrected chi connectivity index (χ2v) is 9.27. The maximum absolute atomic E-state index is 13.1. The van der Waals surface area contributed by atoms with Crippen molar-refractivity contribution in [3.05, 3.63) is 39.5 Å². The molecule has 10 heteroatoms. The van der Waals surface area contributed by atoms with Gasteiger partial charge >= 0.3 is 6.18 Å². The van der Waals surface area contributed by atoms with Crippen molar-refractivity contribution >= 4 is 39.0 Å². The zero-order chi connectivity index (χ0) is 20.9. The Hall–Kier alpha value is -1.84. The predicted molar refractivity (Wildman–Crippen MR) is 110 cm³/mol. The molecule has 0 spiro atoms. The van der Waals surface area contributed by atoms with Crippen LogP contribution in [0.15, 0.2) is 18.2 Å². The number of rotatable bonds is 3. The Bertz CT molecular complexity index is 1060. The van der Waals surface area contributed by atoms with E-state index in [9.17, 15) is 13.2 Å². The number of hydrogen-bond donors (Lipinski definition) is 1. The van der Waals surface area contributed by atoms with E-state index >= 15 is 0 Å². The van der Waals surface area contributed by atoms with Crippen molar-refractivity contribution in [3.63, 3.8) is 0 Å². The molecule has 30 heavy (non-hydrogen) atoms. The van der Waals surface area contributed by atoms with E-state index in [1.165, 1.54) is 5.56 Å². The lowest BCUT2D eigenvalue weighted by Crippen LogP contribution is -2.37. The first-order valence-electron chi connectivity index (χ1n) is 9.95. The van der Waals surface area contributed by atoms with Gasteiger partial charge in [-0.05, 0) is 55.4 Å². The number of benzene rings is 1. The van der Waals surface area contributed by atoms with E-state index in [0.29, 0.717) is 47.0 Å². The summed E-state index contributed by atoms with van der Waals surface area (Å²) in [6.07, 6.45) is -0.941. The molecule has 1 N–H and O–H groups in total. The van der Waals surface area contributed by atoms with Crippen LogP contribution in [-0.2, 0) is 17.3 Å². The van der Waals surface area contributed by atoms with Crippen LogP contribution in [0.2, 0.25) is 5.02 Å². The summed E-state index contributed by atoms with van der Waals surface area (Å²) in [4.78, 5) is 5.49. The van der Waals surface area contributed by atoms with E-state index in [1.54, 1.807) is 0 Å². The van der Waals surface area contributed by atoms with Crippen molar-refractivity contribution in [2.75, 3.05) is 24.7 Å². The normalized spacial score (nSPS) is 22.5. The third-order valence-corrected chi connectivity index (χ3v) is 7.17. The van der Waals surface area contributed by atoms with Gasteiger partial charge in [0.15, 0.2) is 0 Å². The molecule has 0 bridgehead atoms. The van der Waals surface area contributed by atoms with Crippen molar-refractivity contribution in [3.8, 4) is 0 Å². The van der Waals surface area contributed by atoms with Crippen molar-refractivity contribution in [2.24, 2.45) is 5.92 Å². The van der Waals surface area contributed by atoms with Crippen molar-refractivity contribution in [1.82, 2.24) is 15.2 Å². The Morgan fingerprint density at radius 1 is 1.30 bits per heavy atom. The summed E-state index contributed by atoms with van der Waals surface area (Å²) < 4.78 is 45.0. The molecular weight excluding hydrogens is 437 g/mol. The average Bonchev–Trinajstić information content (AvgIpc) is 3.34. The summed E-state index contributed by atoms with van der Waals surface area (Å²) in [7, 11) is 0. The molecule has 0 radical (unpaired) electrons. The predicted octanol–water partition coefficient (Wildman–Crippen LogP) is 5.61. The Kier molecular flexibility index (Phi) is 5.15. The van der Waals surface area contributed by atoms with Crippen LogP contribution in [0.5, 0.6) is 0 Å². The molecule has 0 unspecified atom stereocenters. The zero-order valence-corrected chi connectivity index (χ0v) is 17.6. The number of fused-ring (bicyclic) bond motifs is 3. The highest BCUT2D eigenvalue weighted by atomic mass is 35.5. The minimum absolute atomic E-state index is 0.111.